The van der Waals surface area contributed by atoms with Crippen LogP contribution in [0.15, 0.2) is 60.3 Å². The fourth-order valence-electron chi connectivity index (χ4n) is 2.82. The van der Waals surface area contributed by atoms with Gasteiger partial charge in [-0.05, 0) is 30.2 Å². The number of nitrogens with one attached hydrogen (secondary N) is 1. The van der Waals surface area contributed by atoms with E-state index in [2.05, 4.69) is 5.32 Å². The molecule has 1 N–H and O–H groups in total. The van der Waals surface area contributed by atoms with Crippen LogP contribution < -0.4 is 10.2 Å². The van der Waals surface area contributed by atoms with Crippen molar-refractivity contribution in [2.24, 2.45) is 0 Å². The summed E-state index contributed by atoms with van der Waals surface area (Å²) in [5.41, 5.74) is 0.358. The van der Waals surface area contributed by atoms with Crippen molar-refractivity contribution in [3.8, 4) is 6.07 Å². The van der Waals surface area contributed by atoms with Gasteiger partial charge in [0.25, 0.3) is 5.91 Å². The fourth-order valence-corrected chi connectivity index (χ4v) is 2.82. The van der Waals surface area contributed by atoms with Crippen LogP contribution in [0, 0.1) is 11.3 Å². The molecule has 26 heavy (non-hydrogen) atoms. The standard InChI is InChI=1S/C19H14F3N3O/c20-19(21,22)15-6-2-3-7-16(15)24-18(26)14(11-23)12-25-10-9-13-5-1-4-8-17(13)25/h1-8,12H,9-10H2,(H,24,26)/b14-12-. The SMILES string of the molecule is N#C/C(=C/N1CCc2ccccc21)C(=O)Nc1ccccc1C(F)(F)F. The van der Waals surface area contributed by atoms with E-state index in [1.165, 1.54) is 18.3 Å². The Morgan fingerprint density at radius 1 is 1.15 bits per heavy atom. The number of alkyl halides is 3. The van der Waals surface area contributed by atoms with Gasteiger partial charge in [-0.3, -0.25) is 4.79 Å². The van der Waals surface area contributed by atoms with Gasteiger partial charge in [0.2, 0.25) is 0 Å². The fraction of sp³-hybridized carbons (Fsp3) is 0.158. The van der Waals surface area contributed by atoms with E-state index in [-0.39, 0.29) is 11.3 Å². The molecule has 0 atom stereocenters. The van der Waals surface area contributed by atoms with Crippen LogP contribution in [0.2, 0.25) is 0 Å². The van der Waals surface area contributed by atoms with Crippen molar-refractivity contribution in [2.75, 3.05) is 16.8 Å². The Hall–Kier alpha value is -3.27. The predicted molar refractivity (Wildman–Crippen MR) is 91.3 cm³/mol. The average molecular weight is 357 g/mol. The van der Waals surface area contributed by atoms with Gasteiger partial charge in [-0.15, -0.1) is 0 Å². The molecule has 0 radical (unpaired) electrons. The minimum atomic E-state index is -4.60. The van der Waals surface area contributed by atoms with Gasteiger partial charge in [0.1, 0.15) is 11.6 Å². The van der Waals surface area contributed by atoms with E-state index in [9.17, 15) is 23.2 Å². The van der Waals surface area contributed by atoms with E-state index in [1.54, 1.807) is 11.0 Å². The maximum Gasteiger partial charge on any atom is 0.418 e. The number of para-hydroxylation sites is 2. The highest BCUT2D eigenvalue weighted by Crippen LogP contribution is 2.35. The molecule has 2 aromatic carbocycles. The maximum absolute atomic E-state index is 13.0. The van der Waals surface area contributed by atoms with E-state index >= 15 is 0 Å². The quantitative estimate of drug-likeness (QED) is 0.664. The number of hydrogen-bond donors (Lipinski definition) is 1. The Kier molecular flexibility index (Phi) is 4.67. The van der Waals surface area contributed by atoms with Crippen molar-refractivity contribution < 1.29 is 18.0 Å². The van der Waals surface area contributed by atoms with E-state index in [0.29, 0.717) is 6.54 Å². The van der Waals surface area contributed by atoms with Crippen LogP contribution in [0.4, 0.5) is 24.5 Å². The van der Waals surface area contributed by atoms with Crippen LogP contribution in [-0.2, 0) is 17.4 Å². The number of halogens is 3. The first-order chi connectivity index (χ1) is 12.4. The zero-order chi connectivity index (χ0) is 18.7. The van der Waals surface area contributed by atoms with Crippen LogP contribution in [0.5, 0.6) is 0 Å². The van der Waals surface area contributed by atoms with Gasteiger partial charge in [-0.2, -0.15) is 18.4 Å². The van der Waals surface area contributed by atoms with Gasteiger partial charge in [0.15, 0.2) is 0 Å². The first kappa shape index (κ1) is 17.5. The molecular weight excluding hydrogens is 343 g/mol. The summed E-state index contributed by atoms with van der Waals surface area (Å²) in [5, 5.41) is 11.5. The molecule has 0 fully saturated rings. The molecule has 1 amide bonds. The van der Waals surface area contributed by atoms with Gasteiger partial charge >= 0.3 is 6.18 Å². The largest absolute Gasteiger partial charge is 0.418 e. The van der Waals surface area contributed by atoms with Crippen molar-refractivity contribution in [2.45, 2.75) is 12.6 Å². The Morgan fingerprint density at radius 3 is 2.58 bits per heavy atom. The van der Waals surface area contributed by atoms with Crippen LogP contribution in [-0.4, -0.2) is 12.5 Å². The zero-order valence-electron chi connectivity index (χ0n) is 13.5. The number of hydrogen-bond acceptors (Lipinski definition) is 3. The number of nitriles is 1. The summed E-state index contributed by atoms with van der Waals surface area (Å²) in [5.74, 6) is -0.881. The molecule has 0 unspecified atom stereocenters. The van der Waals surface area contributed by atoms with Crippen molar-refractivity contribution in [1.29, 1.82) is 5.26 Å². The van der Waals surface area contributed by atoms with Crippen LogP contribution >= 0.6 is 0 Å². The molecule has 7 heteroatoms. The summed E-state index contributed by atoms with van der Waals surface area (Å²) in [6.45, 7) is 0.594. The second-order valence-electron chi connectivity index (χ2n) is 5.72. The lowest BCUT2D eigenvalue weighted by atomic mass is 10.1. The average Bonchev–Trinajstić information content (AvgIpc) is 3.02. The molecular formula is C19H14F3N3O. The number of benzene rings is 2. The summed E-state index contributed by atoms with van der Waals surface area (Å²) >= 11 is 0. The molecule has 4 nitrogen and oxygen atoms in total. The number of amides is 1. The van der Waals surface area contributed by atoms with Crippen LogP contribution in [0.25, 0.3) is 0 Å². The molecule has 0 saturated carbocycles. The van der Waals surface area contributed by atoms with E-state index < -0.39 is 17.6 Å². The lowest BCUT2D eigenvalue weighted by molar-refractivity contribution is -0.137. The number of carbonyl (C=O) groups excluding carboxylic acids is 1. The van der Waals surface area contributed by atoms with Crippen molar-refractivity contribution in [3.63, 3.8) is 0 Å². The van der Waals surface area contributed by atoms with Crippen LogP contribution in [0.1, 0.15) is 11.1 Å². The van der Waals surface area contributed by atoms with Crippen molar-refractivity contribution >= 4 is 17.3 Å². The normalized spacial score (nSPS) is 13.9. The molecule has 0 aliphatic carbocycles. The lowest BCUT2D eigenvalue weighted by Gasteiger charge is -2.16. The number of anilines is 2. The lowest BCUT2D eigenvalue weighted by Crippen LogP contribution is -2.21. The number of rotatable bonds is 3. The molecule has 0 bridgehead atoms. The molecule has 2 aromatic rings. The highest BCUT2D eigenvalue weighted by Gasteiger charge is 2.33. The molecule has 1 aliphatic rings. The minimum absolute atomic E-state index is 0.265. The number of fused-ring (bicyclic) bond motifs is 1. The summed E-state index contributed by atoms with van der Waals surface area (Å²) in [7, 11) is 0. The zero-order valence-corrected chi connectivity index (χ0v) is 13.5. The molecule has 1 heterocycles. The van der Waals surface area contributed by atoms with Crippen molar-refractivity contribution in [1.82, 2.24) is 0 Å². The highest BCUT2D eigenvalue weighted by atomic mass is 19.4. The molecule has 0 spiro atoms. The smallest absolute Gasteiger partial charge is 0.346 e. The third-order valence-electron chi connectivity index (χ3n) is 4.05. The number of carbonyl (C=O) groups is 1. The molecule has 0 saturated heterocycles. The Balaban J connectivity index is 1.85. The summed E-state index contributed by atoms with van der Waals surface area (Å²) < 4.78 is 39.1. The van der Waals surface area contributed by atoms with Crippen molar-refractivity contribution in [3.05, 3.63) is 71.4 Å². The topological polar surface area (TPSA) is 56.1 Å². The Morgan fingerprint density at radius 2 is 1.85 bits per heavy atom. The molecule has 1 aliphatic heterocycles. The van der Waals surface area contributed by atoms with E-state index in [4.69, 9.17) is 0 Å². The van der Waals surface area contributed by atoms with Gasteiger partial charge < -0.3 is 10.2 Å². The highest BCUT2D eigenvalue weighted by molar-refractivity contribution is 6.07. The maximum atomic E-state index is 13.0. The van der Waals surface area contributed by atoms with Gasteiger partial charge in [-0.1, -0.05) is 30.3 Å². The number of nitrogens with zero attached hydrogens (tertiary/aromatic N) is 2. The summed E-state index contributed by atoms with van der Waals surface area (Å²) in [6.07, 6.45) is -2.46. The summed E-state index contributed by atoms with van der Waals surface area (Å²) in [6, 6.07) is 14.0. The monoisotopic (exact) mass is 357 g/mol. The second-order valence-corrected chi connectivity index (χ2v) is 5.72. The third-order valence-corrected chi connectivity index (χ3v) is 4.05. The first-order valence-electron chi connectivity index (χ1n) is 7.84. The molecule has 132 valence electrons. The van der Waals surface area contributed by atoms with E-state index in [1.807, 2.05) is 24.3 Å². The second kappa shape index (κ2) is 6.92. The first-order valence-corrected chi connectivity index (χ1v) is 7.84. The Bertz CT molecular complexity index is 913. The molecule has 3 rings (SSSR count). The van der Waals surface area contributed by atoms with Crippen LogP contribution in [0.3, 0.4) is 0 Å². The van der Waals surface area contributed by atoms with Gasteiger partial charge in [0, 0.05) is 18.4 Å². The summed E-state index contributed by atoms with van der Waals surface area (Å²) in [4.78, 5) is 14.1. The van der Waals surface area contributed by atoms with E-state index in [0.717, 1.165) is 29.8 Å². The third kappa shape index (κ3) is 3.54. The predicted octanol–water partition coefficient (Wildman–Crippen LogP) is 4.11. The van der Waals surface area contributed by atoms with Gasteiger partial charge in [0.05, 0.1) is 11.3 Å². The minimum Gasteiger partial charge on any atom is -0.346 e. The van der Waals surface area contributed by atoms with Gasteiger partial charge in [-0.25, -0.2) is 0 Å². The molecule has 0 aromatic heterocycles. The Labute approximate surface area is 148 Å².